The summed E-state index contributed by atoms with van der Waals surface area (Å²) in [4.78, 5) is 12.1. The molecule has 0 spiro atoms. The second-order valence-electron chi connectivity index (χ2n) is 4.72. The number of hydrogen-bond acceptors (Lipinski definition) is 2. The molecule has 0 aliphatic heterocycles. The monoisotopic (exact) mass is 301 g/mol. The van der Waals surface area contributed by atoms with Gasteiger partial charge in [-0.05, 0) is 37.3 Å². The van der Waals surface area contributed by atoms with Crippen molar-refractivity contribution in [3.63, 3.8) is 0 Å². The lowest BCUT2D eigenvalue weighted by Crippen LogP contribution is -2.10. The fraction of sp³-hybridized carbons (Fsp3) is 0.118. The highest BCUT2D eigenvalue weighted by Crippen LogP contribution is 2.28. The Hall–Kier alpha value is -2.69. The third kappa shape index (κ3) is 2.24. The van der Waals surface area contributed by atoms with Crippen LogP contribution in [0, 0.1) is 11.6 Å². The molecule has 0 unspecified atom stereocenters. The Bertz CT molecular complexity index is 841. The van der Waals surface area contributed by atoms with E-state index in [9.17, 15) is 13.6 Å². The molecule has 3 rings (SSSR count). The van der Waals surface area contributed by atoms with Crippen molar-refractivity contribution in [3.05, 3.63) is 65.9 Å². The summed E-state index contributed by atoms with van der Waals surface area (Å²) >= 11 is 0. The molecule has 1 heterocycles. The van der Waals surface area contributed by atoms with E-state index >= 15 is 0 Å². The second-order valence-corrected chi connectivity index (χ2v) is 4.72. The fourth-order valence-corrected chi connectivity index (χ4v) is 2.43. The van der Waals surface area contributed by atoms with Crippen LogP contribution in [0.15, 0.2) is 48.5 Å². The highest BCUT2D eigenvalue weighted by Gasteiger charge is 2.21. The lowest BCUT2D eigenvalue weighted by atomic mass is 10.2. The molecule has 0 fully saturated rings. The molecule has 0 radical (unpaired) electrons. The van der Waals surface area contributed by atoms with Crippen LogP contribution >= 0.6 is 0 Å². The summed E-state index contributed by atoms with van der Waals surface area (Å²) in [6.07, 6.45) is 0. The fourth-order valence-electron chi connectivity index (χ4n) is 2.43. The van der Waals surface area contributed by atoms with E-state index in [-0.39, 0.29) is 17.7 Å². The standard InChI is InChI=1S/C17H13F2NO2/c1-2-22-17(21)15-10-12-14(9-8-13(18)16(12)19)20(15)11-6-4-3-5-7-11/h3-10H,2H2,1H3. The quantitative estimate of drug-likeness (QED) is 0.682. The number of carbonyl (C=O) groups is 1. The summed E-state index contributed by atoms with van der Waals surface area (Å²) in [5, 5.41) is 0.0481. The number of benzene rings is 2. The van der Waals surface area contributed by atoms with Crippen molar-refractivity contribution in [2.24, 2.45) is 0 Å². The summed E-state index contributed by atoms with van der Waals surface area (Å²) in [5.41, 5.74) is 1.24. The van der Waals surface area contributed by atoms with E-state index < -0.39 is 17.6 Å². The van der Waals surface area contributed by atoms with Gasteiger partial charge in [-0.25, -0.2) is 13.6 Å². The first kappa shape index (κ1) is 14.3. The van der Waals surface area contributed by atoms with E-state index in [0.717, 1.165) is 6.07 Å². The van der Waals surface area contributed by atoms with E-state index in [1.54, 1.807) is 35.8 Å². The molecular weight excluding hydrogens is 288 g/mol. The van der Waals surface area contributed by atoms with Crippen LogP contribution in [-0.2, 0) is 4.74 Å². The van der Waals surface area contributed by atoms with Crippen LogP contribution in [0.5, 0.6) is 0 Å². The predicted octanol–water partition coefficient (Wildman–Crippen LogP) is 4.09. The first-order valence-electron chi connectivity index (χ1n) is 6.85. The molecule has 2 aromatic carbocycles. The highest BCUT2D eigenvalue weighted by molar-refractivity contribution is 5.97. The van der Waals surface area contributed by atoms with Gasteiger partial charge in [-0.15, -0.1) is 0 Å². The van der Waals surface area contributed by atoms with Gasteiger partial charge in [0.25, 0.3) is 0 Å². The molecule has 0 atom stereocenters. The molecule has 0 aliphatic carbocycles. The minimum absolute atomic E-state index is 0.0481. The van der Waals surface area contributed by atoms with E-state index in [2.05, 4.69) is 0 Å². The molecule has 0 bridgehead atoms. The number of carbonyl (C=O) groups excluding carboxylic acids is 1. The van der Waals surface area contributed by atoms with Gasteiger partial charge in [-0.3, -0.25) is 0 Å². The minimum atomic E-state index is -0.974. The number of rotatable bonds is 3. The molecule has 0 aliphatic rings. The predicted molar refractivity (Wildman–Crippen MR) is 79.1 cm³/mol. The molecule has 0 saturated heterocycles. The Kier molecular flexibility index (Phi) is 3.63. The van der Waals surface area contributed by atoms with Gasteiger partial charge < -0.3 is 9.30 Å². The molecule has 3 nitrogen and oxygen atoms in total. The van der Waals surface area contributed by atoms with Crippen molar-refractivity contribution < 1.29 is 18.3 Å². The maximum atomic E-state index is 14.0. The largest absolute Gasteiger partial charge is 0.461 e. The Morgan fingerprint density at radius 2 is 1.86 bits per heavy atom. The van der Waals surface area contributed by atoms with Gasteiger partial charge >= 0.3 is 5.97 Å². The molecule has 22 heavy (non-hydrogen) atoms. The molecule has 0 N–H and O–H groups in total. The van der Waals surface area contributed by atoms with Crippen molar-refractivity contribution in [1.29, 1.82) is 0 Å². The van der Waals surface area contributed by atoms with Crippen LogP contribution in [0.2, 0.25) is 0 Å². The Balaban J connectivity index is 2.33. The number of esters is 1. The molecule has 0 amide bonds. The lowest BCUT2D eigenvalue weighted by Gasteiger charge is -2.10. The van der Waals surface area contributed by atoms with Gasteiger partial charge in [0.05, 0.1) is 12.1 Å². The first-order valence-corrected chi connectivity index (χ1v) is 6.85. The Morgan fingerprint density at radius 3 is 2.55 bits per heavy atom. The molecule has 5 heteroatoms. The number of ether oxygens (including phenoxy) is 1. The number of halogens is 2. The van der Waals surface area contributed by atoms with Crippen molar-refractivity contribution in [1.82, 2.24) is 4.57 Å². The smallest absolute Gasteiger partial charge is 0.355 e. The van der Waals surface area contributed by atoms with Crippen molar-refractivity contribution in [2.45, 2.75) is 6.92 Å². The van der Waals surface area contributed by atoms with Crippen LogP contribution < -0.4 is 0 Å². The summed E-state index contributed by atoms with van der Waals surface area (Å²) in [6, 6.07) is 12.8. The van der Waals surface area contributed by atoms with E-state index in [0.29, 0.717) is 11.2 Å². The van der Waals surface area contributed by atoms with Gasteiger partial charge in [0.15, 0.2) is 11.6 Å². The first-order chi connectivity index (χ1) is 10.6. The number of nitrogens with zero attached hydrogens (tertiary/aromatic N) is 1. The van der Waals surface area contributed by atoms with Crippen LogP contribution in [-0.4, -0.2) is 17.1 Å². The average molecular weight is 301 g/mol. The summed E-state index contributed by atoms with van der Waals surface area (Å²) in [5.74, 6) is -2.51. The van der Waals surface area contributed by atoms with Crippen LogP contribution in [0.1, 0.15) is 17.4 Å². The number of fused-ring (bicyclic) bond motifs is 1. The highest BCUT2D eigenvalue weighted by atomic mass is 19.2. The lowest BCUT2D eigenvalue weighted by molar-refractivity contribution is 0.0517. The minimum Gasteiger partial charge on any atom is -0.461 e. The molecule has 3 aromatic rings. The third-order valence-electron chi connectivity index (χ3n) is 3.37. The zero-order valence-electron chi connectivity index (χ0n) is 11.8. The van der Waals surface area contributed by atoms with Gasteiger partial charge in [-0.1, -0.05) is 18.2 Å². The van der Waals surface area contributed by atoms with E-state index in [4.69, 9.17) is 4.74 Å². The summed E-state index contributed by atoms with van der Waals surface area (Å²) in [6.45, 7) is 1.89. The molecule has 0 saturated carbocycles. The van der Waals surface area contributed by atoms with Crippen LogP contribution in [0.3, 0.4) is 0 Å². The van der Waals surface area contributed by atoms with Crippen molar-refractivity contribution in [3.8, 4) is 5.69 Å². The van der Waals surface area contributed by atoms with Gasteiger partial charge in [0.1, 0.15) is 5.69 Å². The van der Waals surface area contributed by atoms with Crippen LogP contribution in [0.25, 0.3) is 16.6 Å². The average Bonchev–Trinajstić information content (AvgIpc) is 2.92. The van der Waals surface area contributed by atoms with Gasteiger partial charge in [0, 0.05) is 11.1 Å². The SMILES string of the molecule is CCOC(=O)c1cc2c(F)c(F)ccc2n1-c1ccccc1. The number of hydrogen-bond donors (Lipinski definition) is 0. The summed E-state index contributed by atoms with van der Waals surface area (Å²) < 4.78 is 34.0. The van der Waals surface area contributed by atoms with E-state index in [1.165, 1.54) is 12.1 Å². The number of aromatic nitrogens is 1. The number of para-hydroxylation sites is 1. The van der Waals surface area contributed by atoms with Crippen molar-refractivity contribution in [2.75, 3.05) is 6.61 Å². The zero-order valence-corrected chi connectivity index (χ0v) is 11.8. The molecule has 1 aromatic heterocycles. The Morgan fingerprint density at radius 1 is 1.14 bits per heavy atom. The maximum absolute atomic E-state index is 14.0. The second kappa shape index (κ2) is 5.60. The third-order valence-corrected chi connectivity index (χ3v) is 3.37. The topological polar surface area (TPSA) is 31.2 Å². The molecular formula is C17H13F2NO2. The van der Waals surface area contributed by atoms with Gasteiger partial charge in [-0.2, -0.15) is 0 Å². The van der Waals surface area contributed by atoms with Crippen LogP contribution in [0.4, 0.5) is 8.78 Å². The maximum Gasteiger partial charge on any atom is 0.355 e. The van der Waals surface area contributed by atoms with E-state index in [1.807, 2.05) is 6.07 Å². The zero-order chi connectivity index (χ0) is 15.7. The summed E-state index contributed by atoms with van der Waals surface area (Å²) in [7, 11) is 0. The Labute approximate surface area is 125 Å². The van der Waals surface area contributed by atoms with Gasteiger partial charge in [0.2, 0.25) is 0 Å². The van der Waals surface area contributed by atoms with Crippen molar-refractivity contribution >= 4 is 16.9 Å². The normalized spacial score (nSPS) is 10.9. The molecule has 112 valence electrons.